The molecule has 0 N–H and O–H groups in total. The highest BCUT2D eigenvalue weighted by Crippen LogP contribution is 2.26. The highest BCUT2D eigenvalue weighted by atomic mass is 16.5. The first-order chi connectivity index (χ1) is 7.74. The summed E-state index contributed by atoms with van der Waals surface area (Å²) in [4.78, 5) is 31.6. The molecule has 5 heteroatoms. The summed E-state index contributed by atoms with van der Waals surface area (Å²) >= 11 is 0. The molecule has 1 atom stereocenters. The normalized spacial score (nSPS) is 19.1. The third kappa shape index (κ3) is 1.80. The minimum atomic E-state index is -0.877. The van der Waals surface area contributed by atoms with Crippen LogP contribution in [0.3, 0.4) is 0 Å². The number of hydrogen-bond acceptors (Lipinski definition) is 5. The second-order valence-corrected chi connectivity index (χ2v) is 3.54. The Morgan fingerprint density at radius 1 is 1.44 bits per heavy atom. The van der Waals surface area contributed by atoms with E-state index in [0.717, 1.165) is 5.69 Å². The SMILES string of the molecule is CCOC(=O)C1C(=O)CCc2nccnc21. The molecule has 84 valence electrons. The number of ether oxygens (including phenoxy) is 1. The van der Waals surface area contributed by atoms with Crippen molar-refractivity contribution in [1.29, 1.82) is 0 Å². The van der Waals surface area contributed by atoms with Crippen molar-refractivity contribution < 1.29 is 14.3 Å². The van der Waals surface area contributed by atoms with Crippen LogP contribution in [0.1, 0.15) is 30.7 Å². The number of aromatic nitrogens is 2. The molecule has 2 rings (SSSR count). The zero-order valence-electron chi connectivity index (χ0n) is 8.97. The molecule has 16 heavy (non-hydrogen) atoms. The molecule has 0 spiro atoms. The summed E-state index contributed by atoms with van der Waals surface area (Å²) < 4.78 is 4.88. The third-order valence-electron chi connectivity index (χ3n) is 2.53. The van der Waals surface area contributed by atoms with Crippen molar-refractivity contribution in [3.05, 3.63) is 23.8 Å². The molecule has 0 aliphatic heterocycles. The van der Waals surface area contributed by atoms with Crippen LogP contribution in [0.25, 0.3) is 0 Å². The summed E-state index contributed by atoms with van der Waals surface area (Å²) in [6.45, 7) is 1.97. The fourth-order valence-electron chi connectivity index (χ4n) is 1.82. The molecule has 1 unspecified atom stereocenters. The fourth-order valence-corrected chi connectivity index (χ4v) is 1.82. The number of esters is 1. The van der Waals surface area contributed by atoms with Crippen LogP contribution >= 0.6 is 0 Å². The number of Topliss-reactive ketones (excluding diaryl/α,β-unsaturated/α-hetero) is 1. The summed E-state index contributed by atoms with van der Waals surface area (Å²) in [5, 5.41) is 0. The van der Waals surface area contributed by atoms with E-state index >= 15 is 0 Å². The van der Waals surface area contributed by atoms with Crippen molar-refractivity contribution in [3.63, 3.8) is 0 Å². The van der Waals surface area contributed by atoms with Crippen molar-refractivity contribution in [2.45, 2.75) is 25.7 Å². The van der Waals surface area contributed by atoms with E-state index < -0.39 is 11.9 Å². The number of fused-ring (bicyclic) bond motifs is 1. The average Bonchev–Trinajstić information content (AvgIpc) is 2.29. The average molecular weight is 220 g/mol. The van der Waals surface area contributed by atoms with E-state index in [9.17, 15) is 9.59 Å². The first kappa shape index (κ1) is 10.7. The zero-order chi connectivity index (χ0) is 11.5. The molecule has 0 radical (unpaired) electrons. The van der Waals surface area contributed by atoms with Crippen molar-refractivity contribution in [3.8, 4) is 0 Å². The van der Waals surface area contributed by atoms with Gasteiger partial charge in [0, 0.05) is 18.8 Å². The van der Waals surface area contributed by atoms with Crippen LogP contribution in [0.2, 0.25) is 0 Å². The third-order valence-corrected chi connectivity index (χ3v) is 2.53. The van der Waals surface area contributed by atoms with Crippen molar-refractivity contribution in [2.24, 2.45) is 0 Å². The first-order valence-electron chi connectivity index (χ1n) is 5.23. The molecule has 1 aliphatic carbocycles. The molecule has 0 amide bonds. The van der Waals surface area contributed by atoms with E-state index in [0.29, 0.717) is 18.5 Å². The Balaban J connectivity index is 2.37. The van der Waals surface area contributed by atoms with Crippen LogP contribution in [0.5, 0.6) is 0 Å². The highest BCUT2D eigenvalue weighted by molar-refractivity contribution is 6.05. The highest BCUT2D eigenvalue weighted by Gasteiger charge is 2.36. The lowest BCUT2D eigenvalue weighted by atomic mass is 9.88. The maximum absolute atomic E-state index is 11.7. The van der Waals surface area contributed by atoms with Crippen LogP contribution in [-0.2, 0) is 20.7 Å². The monoisotopic (exact) mass is 220 g/mol. The standard InChI is InChI=1S/C11H12N2O3/c1-2-16-11(15)9-8(14)4-3-7-10(9)13-6-5-12-7/h5-6,9H,2-4H2,1H3. The predicted molar refractivity (Wildman–Crippen MR) is 54.7 cm³/mol. The summed E-state index contributed by atoms with van der Waals surface area (Å²) in [7, 11) is 0. The molecule has 1 aliphatic rings. The number of hydrogen-bond donors (Lipinski definition) is 0. The lowest BCUT2D eigenvalue weighted by molar-refractivity contribution is -0.148. The molecule has 1 aromatic heterocycles. The molecule has 0 bridgehead atoms. The summed E-state index contributed by atoms with van der Waals surface area (Å²) in [6.07, 6.45) is 3.94. The van der Waals surface area contributed by atoms with Gasteiger partial charge in [-0.05, 0) is 13.3 Å². The van der Waals surface area contributed by atoms with Gasteiger partial charge >= 0.3 is 5.97 Å². The Bertz CT molecular complexity index is 431. The molecule has 5 nitrogen and oxygen atoms in total. The predicted octanol–water partition coefficient (Wildman–Crippen LogP) is 0.639. The van der Waals surface area contributed by atoms with E-state index in [-0.39, 0.29) is 12.4 Å². The maximum atomic E-state index is 11.7. The molecule has 0 saturated carbocycles. The van der Waals surface area contributed by atoms with Gasteiger partial charge in [-0.15, -0.1) is 0 Å². The van der Waals surface area contributed by atoms with E-state index in [2.05, 4.69) is 9.97 Å². The Morgan fingerprint density at radius 2 is 2.19 bits per heavy atom. The van der Waals surface area contributed by atoms with Gasteiger partial charge in [0.15, 0.2) is 11.7 Å². The van der Waals surface area contributed by atoms with Gasteiger partial charge in [0.1, 0.15) is 0 Å². The van der Waals surface area contributed by atoms with Gasteiger partial charge in [-0.2, -0.15) is 0 Å². The fraction of sp³-hybridized carbons (Fsp3) is 0.455. The number of nitrogens with zero attached hydrogens (tertiary/aromatic N) is 2. The van der Waals surface area contributed by atoms with E-state index in [4.69, 9.17) is 4.74 Å². The number of carbonyl (C=O) groups excluding carboxylic acids is 2. The summed E-state index contributed by atoms with van der Waals surface area (Å²) in [5.74, 6) is -1.53. The number of carbonyl (C=O) groups is 2. The molecule has 0 saturated heterocycles. The quantitative estimate of drug-likeness (QED) is 0.540. The van der Waals surface area contributed by atoms with Crippen molar-refractivity contribution >= 4 is 11.8 Å². The Labute approximate surface area is 92.9 Å². The van der Waals surface area contributed by atoms with E-state index in [1.807, 2.05) is 0 Å². The second-order valence-electron chi connectivity index (χ2n) is 3.54. The van der Waals surface area contributed by atoms with Gasteiger partial charge in [0.2, 0.25) is 0 Å². The summed E-state index contributed by atoms with van der Waals surface area (Å²) in [5.41, 5.74) is 1.18. The molecule has 0 aromatic carbocycles. The van der Waals surface area contributed by atoms with Gasteiger partial charge < -0.3 is 4.74 Å². The molecule has 1 heterocycles. The van der Waals surface area contributed by atoms with Crippen molar-refractivity contribution in [1.82, 2.24) is 9.97 Å². The molecular formula is C11H12N2O3. The van der Waals surface area contributed by atoms with Crippen molar-refractivity contribution in [2.75, 3.05) is 6.61 Å². The maximum Gasteiger partial charge on any atom is 0.322 e. The molecular weight excluding hydrogens is 208 g/mol. The van der Waals surface area contributed by atoms with E-state index in [1.54, 1.807) is 13.1 Å². The Hall–Kier alpha value is -1.78. The minimum absolute atomic E-state index is 0.133. The van der Waals surface area contributed by atoms with Gasteiger partial charge in [-0.1, -0.05) is 0 Å². The topological polar surface area (TPSA) is 69.2 Å². The van der Waals surface area contributed by atoms with E-state index in [1.165, 1.54) is 6.20 Å². The van der Waals surface area contributed by atoms with Crippen LogP contribution in [0.15, 0.2) is 12.4 Å². The molecule has 1 aromatic rings. The van der Waals surface area contributed by atoms with Crippen LogP contribution in [-0.4, -0.2) is 28.3 Å². The van der Waals surface area contributed by atoms with Gasteiger partial charge in [-0.25, -0.2) is 0 Å². The first-order valence-corrected chi connectivity index (χ1v) is 5.23. The second kappa shape index (κ2) is 4.38. The lowest BCUT2D eigenvalue weighted by Gasteiger charge is -2.20. The Morgan fingerprint density at radius 3 is 2.94 bits per heavy atom. The number of rotatable bonds is 2. The number of ketones is 1. The molecule has 0 fully saturated rings. The van der Waals surface area contributed by atoms with Crippen LogP contribution < -0.4 is 0 Å². The lowest BCUT2D eigenvalue weighted by Crippen LogP contribution is -2.30. The van der Waals surface area contributed by atoms with Gasteiger partial charge in [0.25, 0.3) is 0 Å². The van der Waals surface area contributed by atoms with Crippen LogP contribution in [0, 0.1) is 0 Å². The Kier molecular flexibility index (Phi) is 2.94. The zero-order valence-corrected chi connectivity index (χ0v) is 8.97. The number of aryl methyl sites for hydroxylation is 1. The van der Waals surface area contributed by atoms with Crippen LogP contribution in [0.4, 0.5) is 0 Å². The smallest absolute Gasteiger partial charge is 0.322 e. The van der Waals surface area contributed by atoms with Gasteiger partial charge in [0.05, 0.1) is 18.0 Å². The minimum Gasteiger partial charge on any atom is -0.465 e. The van der Waals surface area contributed by atoms with Gasteiger partial charge in [-0.3, -0.25) is 19.6 Å². The summed E-state index contributed by atoms with van der Waals surface area (Å²) in [6, 6.07) is 0. The largest absolute Gasteiger partial charge is 0.465 e.